The maximum Gasteiger partial charge on any atom is 0.337 e. The van der Waals surface area contributed by atoms with E-state index in [0.29, 0.717) is 11.3 Å². The molecule has 6 heteroatoms. The minimum Gasteiger partial charge on any atom is -0.465 e. The van der Waals surface area contributed by atoms with E-state index < -0.39 is 16.0 Å². The molecule has 0 saturated heterocycles. The zero-order valence-corrected chi connectivity index (χ0v) is 15.5. The molecule has 0 aromatic heterocycles. The van der Waals surface area contributed by atoms with E-state index in [0.717, 1.165) is 19.3 Å². The average molecular weight is 361 g/mol. The summed E-state index contributed by atoms with van der Waals surface area (Å²) in [5.74, 6) is -0.572. The molecule has 2 aromatic rings. The van der Waals surface area contributed by atoms with Crippen LogP contribution in [0.1, 0.15) is 41.3 Å². The molecule has 0 atom stereocenters. The Morgan fingerprint density at radius 1 is 1.12 bits per heavy atom. The SMILES string of the molecule is CCCCc1ccc(NS(=O)(=O)c2cc(C(=O)OC)ccc2C)cc1. The number of aryl methyl sites for hydroxylation is 2. The Labute approximate surface area is 149 Å². The van der Waals surface area contributed by atoms with Crippen LogP contribution in [0.4, 0.5) is 5.69 Å². The molecule has 0 amide bonds. The van der Waals surface area contributed by atoms with Gasteiger partial charge >= 0.3 is 5.97 Å². The van der Waals surface area contributed by atoms with Gasteiger partial charge in [0.05, 0.1) is 17.6 Å². The molecule has 134 valence electrons. The third-order valence-corrected chi connectivity index (χ3v) is 5.45. The second-order valence-electron chi connectivity index (χ2n) is 5.88. The minimum absolute atomic E-state index is 0.0606. The smallest absolute Gasteiger partial charge is 0.337 e. The number of hydrogen-bond donors (Lipinski definition) is 1. The molecule has 0 heterocycles. The van der Waals surface area contributed by atoms with Crippen molar-refractivity contribution in [2.45, 2.75) is 38.0 Å². The second-order valence-corrected chi connectivity index (χ2v) is 7.53. The average Bonchev–Trinajstić information content (AvgIpc) is 2.60. The number of anilines is 1. The van der Waals surface area contributed by atoms with Crippen molar-refractivity contribution in [1.29, 1.82) is 0 Å². The van der Waals surface area contributed by atoms with E-state index in [1.807, 2.05) is 12.1 Å². The predicted octanol–water partition coefficient (Wildman–Crippen LogP) is 3.93. The van der Waals surface area contributed by atoms with Crippen LogP contribution in [0, 0.1) is 6.92 Å². The first-order valence-corrected chi connectivity index (χ1v) is 9.66. The van der Waals surface area contributed by atoms with Gasteiger partial charge in [-0.25, -0.2) is 13.2 Å². The van der Waals surface area contributed by atoms with Gasteiger partial charge in [-0.1, -0.05) is 31.5 Å². The van der Waals surface area contributed by atoms with Gasteiger partial charge in [0.1, 0.15) is 0 Å². The Bertz CT molecular complexity index is 842. The van der Waals surface area contributed by atoms with Crippen LogP contribution >= 0.6 is 0 Å². The van der Waals surface area contributed by atoms with Crippen molar-refractivity contribution in [1.82, 2.24) is 0 Å². The molecule has 25 heavy (non-hydrogen) atoms. The van der Waals surface area contributed by atoms with E-state index in [-0.39, 0.29) is 10.5 Å². The third kappa shape index (κ3) is 4.82. The number of hydrogen-bond acceptors (Lipinski definition) is 4. The fourth-order valence-corrected chi connectivity index (χ4v) is 3.80. The van der Waals surface area contributed by atoms with Gasteiger partial charge < -0.3 is 4.74 Å². The fraction of sp³-hybridized carbons (Fsp3) is 0.316. The number of carbonyl (C=O) groups excluding carboxylic acids is 1. The monoisotopic (exact) mass is 361 g/mol. The number of unbranched alkanes of at least 4 members (excludes halogenated alkanes) is 1. The van der Waals surface area contributed by atoms with Crippen LogP contribution in [-0.2, 0) is 21.2 Å². The zero-order valence-electron chi connectivity index (χ0n) is 14.7. The molecule has 0 aliphatic carbocycles. The highest BCUT2D eigenvalue weighted by atomic mass is 32.2. The van der Waals surface area contributed by atoms with Crippen molar-refractivity contribution in [2.24, 2.45) is 0 Å². The van der Waals surface area contributed by atoms with Gasteiger partial charge in [-0.15, -0.1) is 0 Å². The number of benzene rings is 2. The maximum atomic E-state index is 12.7. The van der Waals surface area contributed by atoms with E-state index in [9.17, 15) is 13.2 Å². The summed E-state index contributed by atoms with van der Waals surface area (Å²) >= 11 is 0. The highest BCUT2D eigenvalue weighted by Gasteiger charge is 2.19. The molecule has 0 aliphatic rings. The van der Waals surface area contributed by atoms with Crippen molar-refractivity contribution >= 4 is 21.7 Å². The summed E-state index contributed by atoms with van der Waals surface area (Å²) in [6.07, 6.45) is 3.19. The first-order chi connectivity index (χ1) is 11.9. The van der Waals surface area contributed by atoms with Crippen LogP contribution in [0.5, 0.6) is 0 Å². The van der Waals surface area contributed by atoms with Gasteiger partial charge in [0.25, 0.3) is 10.0 Å². The molecule has 1 N–H and O–H groups in total. The molecule has 0 spiro atoms. The van der Waals surface area contributed by atoms with Crippen LogP contribution < -0.4 is 4.72 Å². The van der Waals surface area contributed by atoms with E-state index in [1.165, 1.54) is 18.7 Å². The van der Waals surface area contributed by atoms with Gasteiger partial charge in [0.2, 0.25) is 0 Å². The van der Waals surface area contributed by atoms with Crippen molar-refractivity contribution in [3.63, 3.8) is 0 Å². The summed E-state index contributed by atoms with van der Waals surface area (Å²) in [5, 5.41) is 0. The highest BCUT2D eigenvalue weighted by Crippen LogP contribution is 2.22. The number of ether oxygens (including phenoxy) is 1. The number of rotatable bonds is 7. The largest absolute Gasteiger partial charge is 0.465 e. The molecule has 0 saturated carbocycles. The summed E-state index contributed by atoms with van der Waals surface area (Å²) in [6, 6.07) is 11.8. The summed E-state index contributed by atoms with van der Waals surface area (Å²) in [5.41, 5.74) is 2.42. The Morgan fingerprint density at radius 2 is 1.80 bits per heavy atom. The van der Waals surface area contributed by atoms with Gasteiger partial charge in [0.15, 0.2) is 0 Å². The Kier molecular flexibility index (Phi) is 6.20. The highest BCUT2D eigenvalue weighted by molar-refractivity contribution is 7.92. The molecule has 2 rings (SSSR count). The third-order valence-electron chi connectivity index (χ3n) is 3.92. The number of methoxy groups -OCH3 is 1. The number of carbonyl (C=O) groups is 1. The first-order valence-electron chi connectivity index (χ1n) is 8.18. The van der Waals surface area contributed by atoms with Crippen LogP contribution in [0.15, 0.2) is 47.4 Å². The Hall–Kier alpha value is -2.34. The Morgan fingerprint density at radius 3 is 2.40 bits per heavy atom. The lowest BCUT2D eigenvalue weighted by molar-refractivity contribution is 0.0600. The molecule has 0 unspecified atom stereocenters. The van der Waals surface area contributed by atoms with E-state index >= 15 is 0 Å². The van der Waals surface area contributed by atoms with Crippen LogP contribution in [-0.4, -0.2) is 21.5 Å². The van der Waals surface area contributed by atoms with Crippen molar-refractivity contribution < 1.29 is 17.9 Å². The number of sulfonamides is 1. The normalized spacial score (nSPS) is 11.2. The predicted molar refractivity (Wildman–Crippen MR) is 98.4 cm³/mol. The van der Waals surface area contributed by atoms with Gasteiger partial charge in [-0.3, -0.25) is 4.72 Å². The van der Waals surface area contributed by atoms with Crippen molar-refractivity contribution in [2.75, 3.05) is 11.8 Å². The van der Waals surface area contributed by atoms with Crippen molar-refractivity contribution in [3.8, 4) is 0 Å². The van der Waals surface area contributed by atoms with E-state index in [2.05, 4.69) is 16.4 Å². The molecule has 0 bridgehead atoms. The summed E-state index contributed by atoms with van der Waals surface area (Å²) < 4.78 is 32.6. The maximum absolute atomic E-state index is 12.7. The fourth-order valence-electron chi connectivity index (χ4n) is 2.46. The molecule has 0 fully saturated rings. The van der Waals surface area contributed by atoms with E-state index in [4.69, 9.17) is 0 Å². The Balaban J connectivity index is 2.25. The summed E-state index contributed by atoms with van der Waals surface area (Å²) in [6.45, 7) is 3.82. The molecular weight excluding hydrogens is 338 g/mol. The lowest BCUT2D eigenvalue weighted by atomic mass is 10.1. The molecule has 0 aliphatic heterocycles. The topological polar surface area (TPSA) is 72.5 Å². The zero-order chi connectivity index (χ0) is 18.4. The second kappa shape index (κ2) is 8.16. The van der Waals surface area contributed by atoms with Gasteiger partial charge in [0, 0.05) is 5.69 Å². The van der Waals surface area contributed by atoms with Crippen LogP contribution in [0.25, 0.3) is 0 Å². The molecule has 5 nitrogen and oxygen atoms in total. The van der Waals surface area contributed by atoms with Crippen LogP contribution in [0.3, 0.4) is 0 Å². The van der Waals surface area contributed by atoms with Gasteiger partial charge in [-0.2, -0.15) is 0 Å². The molecule has 2 aromatic carbocycles. The van der Waals surface area contributed by atoms with Crippen molar-refractivity contribution in [3.05, 3.63) is 59.2 Å². The lowest BCUT2D eigenvalue weighted by Crippen LogP contribution is -2.15. The number of esters is 1. The summed E-state index contributed by atoms with van der Waals surface area (Å²) in [4.78, 5) is 11.7. The summed E-state index contributed by atoms with van der Waals surface area (Å²) in [7, 11) is -2.54. The molecule has 0 radical (unpaired) electrons. The molecular formula is C19H23NO4S. The van der Waals surface area contributed by atoms with Gasteiger partial charge in [-0.05, 0) is 55.2 Å². The number of nitrogens with one attached hydrogen (secondary N) is 1. The first kappa shape index (κ1) is 19.0. The lowest BCUT2D eigenvalue weighted by Gasteiger charge is -2.12. The minimum atomic E-state index is -3.80. The quantitative estimate of drug-likeness (QED) is 0.759. The van der Waals surface area contributed by atoms with E-state index in [1.54, 1.807) is 31.2 Å². The standard InChI is InChI=1S/C19H23NO4S/c1-4-5-6-15-8-11-17(12-9-15)20-25(22,23)18-13-16(19(21)24-3)10-7-14(18)2/h7-13,20H,4-6H2,1-3H3. The van der Waals surface area contributed by atoms with Crippen LogP contribution in [0.2, 0.25) is 0 Å².